The summed E-state index contributed by atoms with van der Waals surface area (Å²) in [6.45, 7) is -0.0900. The van der Waals surface area contributed by atoms with Crippen molar-refractivity contribution in [2.75, 3.05) is 13.2 Å². The maximum Gasteiger partial charge on any atom is 0.416 e. The van der Waals surface area contributed by atoms with Gasteiger partial charge < -0.3 is 20.9 Å². The fraction of sp³-hybridized carbons (Fsp3) is 0.174. The van der Waals surface area contributed by atoms with Crippen LogP contribution in [0.25, 0.3) is 17.0 Å². The van der Waals surface area contributed by atoms with Crippen molar-refractivity contribution >= 4 is 57.4 Å². The van der Waals surface area contributed by atoms with Gasteiger partial charge in [0.05, 0.1) is 17.0 Å². The summed E-state index contributed by atoms with van der Waals surface area (Å²) < 4.78 is 42.1. The lowest BCUT2D eigenvalue weighted by molar-refractivity contribution is -0.138. The van der Waals surface area contributed by atoms with E-state index in [1.54, 1.807) is 41.1 Å². The maximum atomic E-state index is 13.5. The average Bonchev–Trinajstić information content (AvgIpc) is 3.31. The van der Waals surface area contributed by atoms with Crippen LogP contribution >= 0.6 is 23.4 Å². The van der Waals surface area contributed by atoms with Gasteiger partial charge in [-0.15, -0.1) is 0 Å². The number of hydrogen-bond acceptors (Lipinski definition) is 5. The molecule has 1 saturated heterocycles. The SMILES string of the molecule is NC(N)=NOCCN1C(=O)S/C(=C\c2ccc3c(ccn3Cc3ccc(Cl)cc3C(F)(F)F)c2)C1=O. The second-order valence-corrected chi connectivity index (χ2v) is 9.17. The number of oxime groups is 1. The molecule has 0 aliphatic carbocycles. The van der Waals surface area contributed by atoms with Gasteiger partial charge in [0.2, 0.25) is 5.96 Å². The van der Waals surface area contributed by atoms with E-state index in [1.165, 1.54) is 12.1 Å². The number of imide groups is 1. The topological polar surface area (TPSA) is 116 Å². The molecule has 188 valence electrons. The normalized spacial score (nSPS) is 15.2. The van der Waals surface area contributed by atoms with Crippen LogP contribution in [0.1, 0.15) is 16.7 Å². The highest BCUT2D eigenvalue weighted by molar-refractivity contribution is 8.18. The van der Waals surface area contributed by atoms with Crippen molar-refractivity contribution in [2.45, 2.75) is 12.7 Å². The highest BCUT2D eigenvalue weighted by atomic mass is 35.5. The Morgan fingerprint density at radius 3 is 2.64 bits per heavy atom. The van der Waals surface area contributed by atoms with Crippen LogP contribution in [-0.4, -0.2) is 39.7 Å². The molecule has 0 atom stereocenters. The van der Waals surface area contributed by atoms with E-state index in [-0.39, 0.29) is 41.1 Å². The lowest BCUT2D eigenvalue weighted by Crippen LogP contribution is -2.31. The van der Waals surface area contributed by atoms with Gasteiger partial charge in [0.25, 0.3) is 11.1 Å². The van der Waals surface area contributed by atoms with E-state index in [0.29, 0.717) is 11.1 Å². The Kier molecular flexibility index (Phi) is 7.18. The molecular formula is C23H19ClF3N5O3S. The number of guanidine groups is 1. The predicted molar refractivity (Wildman–Crippen MR) is 132 cm³/mol. The maximum absolute atomic E-state index is 13.5. The van der Waals surface area contributed by atoms with Crippen LogP contribution in [-0.2, 0) is 22.4 Å². The Morgan fingerprint density at radius 1 is 1.14 bits per heavy atom. The molecule has 4 N–H and O–H groups in total. The highest BCUT2D eigenvalue weighted by Gasteiger charge is 2.35. The van der Waals surface area contributed by atoms with Crippen LogP contribution in [0.15, 0.2) is 58.7 Å². The lowest BCUT2D eigenvalue weighted by Gasteiger charge is -2.14. The van der Waals surface area contributed by atoms with E-state index in [9.17, 15) is 22.8 Å². The summed E-state index contributed by atoms with van der Waals surface area (Å²) in [5.74, 6) is -0.749. The number of carbonyl (C=O) groups excluding carboxylic acids is 2. The number of nitrogens with zero attached hydrogens (tertiary/aromatic N) is 3. The second kappa shape index (κ2) is 10.2. The van der Waals surface area contributed by atoms with Gasteiger partial charge >= 0.3 is 6.18 Å². The molecule has 1 fully saturated rings. The largest absolute Gasteiger partial charge is 0.416 e. The van der Waals surface area contributed by atoms with E-state index in [0.717, 1.165) is 28.1 Å². The first-order valence-corrected chi connectivity index (χ1v) is 11.6. The zero-order valence-corrected chi connectivity index (χ0v) is 20.0. The van der Waals surface area contributed by atoms with Gasteiger partial charge in [0, 0.05) is 28.7 Å². The number of alkyl halides is 3. The lowest BCUT2D eigenvalue weighted by atomic mass is 10.1. The summed E-state index contributed by atoms with van der Waals surface area (Å²) in [5, 5.41) is 3.66. The quantitative estimate of drug-likeness (QED) is 0.150. The fourth-order valence-electron chi connectivity index (χ4n) is 3.68. The van der Waals surface area contributed by atoms with Crippen LogP contribution in [0.5, 0.6) is 0 Å². The minimum atomic E-state index is -4.53. The molecule has 0 spiro atoms. The summed E-state index contributed by atoms with van der Waals surface area (Å²) >= 11 is 6.57. The number of benzene rings is 2. The summed E-state index contributed by atoms with van der Waals surface area (Å²) in [6.07, 6.45) is -1.26. The van der Waals surface area contributed by atoms with Crippen molar-refractivity contribution in [3.63, 3.8) is 0 Å². The third-order valence-electron chi connectivity index (χ3n) is 5.26. The van der Waals surface area contributed by atoms with Crippen LogP contribution in [0, 0.1) is 0 Å². The molecule has 8 nitrogen and oxygen atoms in total. The summed E-state index contributed by atoms with van der Waals surface area (Å²) in [6, 6.07) is 10.7. The first-order valence-electron chi connectivity index (χ1n) is 10.4. The van der Waals surface area contributed by atoms with E-state index < -0.39 is 22.9 Å². The molecule has 3 aromatic rings. The van der Waals surface area contributed by atoms with Gasteiger partial charge in [0.1, 0.15) is 6.61 Å². The highest BCUT2D eigenvalue weighted by Crippen LogP contribution is 2.35. The third kappa shape index (κ3) is 5.60. The number of thioether (sulfide) groups is 1. The Balaban J connectivity index is 1.53. The van der Waals surface area contributed by atoms with Crippen molar-refractivity contribution in [1.82, 2.24) is 9.47 Å². The number of hydrogen-bond donors (Lipinski definition) is 2. The Hall–Kier alpha value is -3.64. The number of amides is 2. The Morgan fingerprint density at radius 2 is 1.92 bits per heavy atom. The third-order valence-corrected chi connectivity index (χ3v) is 6.40. The first-order chi connectivity index (χ1) is 17.0. The summed E-state index contributed by atoms with van der Waals surface area (Å²) in [7, 11) is 0. The van der Waals surface area contributed by atoms with Crippen LogP contribution in [0.2, 0.25) is 5.02 Å². The molecule has 13 heteroatoms. The van der Waals surface area contributed by atoms with E-state index in [2.05, 4.69) is 5.16 Å². The predicted octanol–water partition coefficient (Wildman–Crippen LogP) is 4.60. The molecule has 2 aromatic carbocycles. The number of carbonyl (C=O) groups is 2. The van der Waals surface area contributed by atoms with Gasteiger partial charge in [-0.3, -0.25) is 14.5 Å². The first kappa shape index (κ1) is 25.5. The standard InChI is InChI=1S/C23H19ClF3N5O3S/c24-16-3-2-15(17(11-16)23(25,26)27)12-31-6-5-14-9-13(1-4-18(14)31)10-19-20(33)32(22(34)36-19)7-8-35-30-21(28)29/h1-6,9-11H,7-8,12H2,(H4,28,29,30)/b19-10-. The van der Waals surface area contributed by atoms with E-state index in [1.807, 2.05) is 0 Å². The Labute approximate surface area is 212 Å². The van der Waals surface area contributed by atoms with Gasteiger partial charge in [-0.1, -0.05) is 23.7 Å². The molecule has 0 radical (unpaired) electrons. The number of rotatable bonds is 7. The van der Waals surface area contributed by atoms with Crippen molar-refractivity contribution in [3.8, 4) is 0 Å². The van der Waals surface area contributed by atoms with E-state index >= 15 is 0 Å². The van der Waals surface area contributed by atoms with Crippen LogP contribution < -0.4 is 11.5 Å². The zero-order valence-electron chi connectivity index (χ0n) is 18.5. The molecule has 0 bridgehead atoms. The number of fused-ring (bicyclic) bond motifs is 1. The number of nitrogens with two attached hydrogens (primary N) is 2. The van der Waals surface area contributed by atoms with Crippen molar-refractivity contribution in [2.24, 2.45) is 16.6 Å². The molecular weight excluding hydrogens is 519 g/mol. The minimum Gasteiger partial charge on any atom is -0.391 e. The van der Waals surface area contributed by atoms with Gasteiger partial charge in [-0.2, -0.15) is 13.2 Å². The molecule has 1 aliphatic heterocycles. The molecule has 36 heavy (non-hydrogen) atoms. The average molecular weight is 538 g/mol. The fourth-order valence-corrected chi connectivity index (χ4v) is 4.71. The van der Waals surface area contributed by atoms with Gasteiger partial charge in [0.15, 0.2) is 0 Å². The van der Waals surface area contributed by atoms with Crippen molar-refractivity contribution in [1.29, 1.82) is 0 Å². The molecule has 2 amide bonds. The molecule has 1 aromatic heterocycles. The second-order valence-electron chi connectivity index (χ2n) is 7.74. The molecule has 2 heterocycles. The Bertz CT molecular complexity index is 1400. The molecule has 0 unspecified atom stereocenters. The molecule has 1 aliphatic rings. The summed E-state index contributed by atoms with van der Waals surface area (Å²) in [4.78, 5) is 30.9. The van der Waals surface area contributed by atoms with Crippen LogP contribution in [0.4, 0.5) is 18.0 Å². The number of halogens is 4. The molecule has 4 rings (SSSR count). The monoisotopic (exact) mass is 537 g/mol. The van der Waals surface area contributed by atoms with Crippen molar-refractivity contribution < 1.29 is 27.6 Å². The van der Waals surface area contributed by atoms with Crippen LogP contribution in [0.3, 0.4) is 0 Å². The number of aromatic nitrogens is 1. The smallest absolute Gasteiger partial charge is 0.391 e. The van der Waals surface area contributed by atoms with Crippen molar-refractivity contribution in [3.05, 3.63) is 75.3 Å². The van der Waals surface area contributed by atoms with Gasteiger partial charge in [-0.05, 0) is 64.5 Å². The molecule has 0 saturated carbocycles. The van der Waals surface area contributed by atoms with E-state index in [4.69, 9.17) is 27.9 Å². The summed E-state index contributed by atoms with van der Waals surface area (Å²) in [5.41, 5.74) is 11.0. The minimum absolute atomic E-state index is 0.00430. The van der Waals surface area contributed by atoms with Gasteiger partial charge in [-0.25, -0.2) is 0 Å². The zero-order chi connectivity index (χ0) is 26.0.